The summed E-state index contributed by atoms with van der Waals surface area (Å²) in [6, 6.07) is 4.28. The number of piperidine rings is 1. The minimum Gasteiger partial charge on any atom is -0.312 e. The molecule has 3 fully saturated rings. The van der Waals surface area contributed by atoms with Gasteiger partial charge in [0.25, 0.3) is 5.91 Å². The van der Waals surface area contributed by atoms with Crippen molar-refractivity contribution < 1.29 is 9.59 Å². The Labute approximate surface area is 142 Å². The van der Waals surface area contributed by atoms with Gasteiger partial charge in [-0.1, -0.05) is 0 Å². The van der Waals surface area contributed by atoms with E-state index in [0.29, 0.717) is 6.04 Å². The highest BCUT2D eigenvalue weighted by atomic mass is 16.2. The molecule has 0 aliphatic carbocycles. The predicted molar refractivity (Wildman–Crippen MR) is 89.2 cm³/mol. The van der Waals surface area contributed by atoms with E-state index in [4.69, 9.17) is 0 Å². The molecule has 3 saturated heterocycles. The molecule has 24 heavy (non-hydrogen) atoms. The fourth-order valence-electron chi connectivity index (χ4n) is 4.37. The van der Waals surface area contributed by atoms with Crippen LogP contribution in [0.5, 0.6) is 0 Å². The van der Waals surface area contributed by atoms with Crippen LogP contribution in [0.15, 0.2) is 24.5 Å². The van der Waals surface area contributed by atoms with Crippen molar-refractivity contribution in [1.82, 2.24) is 19.7 Å². The maximum absolute atomic E-state index is 12.6. The van der Waals surface area contributed by atoms with Crippen molar-refractivity contribution in [2.45, 2.75) is 50.7 Å². The van der Waals surface area contributed by atoms with E-state index in [1.54, 1.807) is 9.80 Å². The van der Waals surface area contributed by atoms with Crippen molar-refractivity contribution in [3.8, 4) is 0 Å². The van der Waals surface area contributed by atoms with E-state index in [-0.39, 0.29) is 24.0 Å². The Morgan fingerprint density at radius 2 is 1.79 bits per heavy atom. The molecule has 4 rings (SSSR count). The topological polar surface area (TPSA) is 56.8 Å². The summed E-state index contributed by atoms with van der Waals surface area (Å²) >= 11 is 0. The van der Waals surface area contributed by atoms with Gasteiger partial charge in [-0.15, -0.1) is 0 Å². The minimum absolute atomic E-state index is 0.0399. The molecule has 3 aliphatic rings. The van der Waals surface area contributed by atoms with Gasteiger partial charge < -0.3 is 4.90 Å². The van der Waals surface area contributed by atoms with Crippen molar-refractivity contribution in [1.29, 1.82) is 0 Å². The molecule has 0 spiro atoms. The number of aromatic nitrogens is 1. The number of pyridine rings is 1. The zero-order valence-corrected chi connectivity index (χ0v) is 14.1. The van der Waals surface area contributed by atoms with Gasteiger partial charge in [0.15, 0.2) is 0 Å². The van der Waals surface area contributed by atoms with Crippen LogP contribution in [-0.2, 0) is 4.79 Å². The first-order valence-corrected chi connectivity index (χ1v) is 8.94. The van der Waals surface area contributed by atoms with Crippen LogP contribution >= 0.6 is 0 Å². The third-order valence-corrected chi connectivity index (χ3v) is 5.83. The number of rotatable bonds is 3. The SMILES string of the molecule is CC(c1ccncc1)N1CCC(N2C(=O)C3CCCN3C2=O)CC1. The quantitative estimate of drug-likeness (QED) is 0.797. The first kappa shape index (κ1) is 15.6. The fraction of sp³-hybridized carbons (Fsp3) is 0.611. The molecular formula is C18H24N4O2. The molecule has 4 heterocycles. The summed E-state index contributed by atoms with van der Waals surface area (Å²) in [4.78, 5) is 35.0. The largest absolute Gasteiger partial charge is 0.327 e. The van der Waals surface area contributed by atoms with Gasteiger partial charge in [-0.3, -0.25) is 19.6 Å². The van der Waals surface area contributed by atoms with Crippen molar-refractivity contribution in [3.05, 3.63) is 30.1 Å². The van der Waals surface area contributed by atoms with Crippen LogP contribution in [0, 0.1) is 0 Å². The lowest BCUT2D eigenvalue weighted by atomic mass is 9.99. The number of carbonyl (C=O) groups excluding carboxylic acids is 2. The molecule has 2 unspecified atom stereocenters. The second-order valence-electron chi connectivity index (χ2n) is 7.07. The highest BCUT2D eigenvalue weighted by Crippen LogP contribution is 2.32. The average molecular weight is 328 g/mol. The molecule has 1 aromatic rings. The van der Waals surface area contributed by atoms with Crippen molar-refractivity contribution >= 4 is 11.9 Å². The molecule has 0 saturated carbocycles. The van der Waals surface area contributed by atoms with Crippen LogP contribution in [0.25, 0.3) is 0 Å². The van der Waals surface area contributed by atoms with Crippen LogP contribution in [0.1, 0.15) is 44.2 Å². The monoisotopic (exact) mass is 328 g/mol. The molecule has 128 valence electrons. The second kappa shape index (κ2) is 6.16. The van der Waals surface area contributed by atoms with Gasteiger partial charge in [-0.25, -0.2) is 4.79 Å². The van der Waals surface area contributed by atoms with Crippen LogP contribution in [-0.4, -0.2) is 63.3 Å². The molecule has 0 bridgehead atoms. The van der Waals surface area contributed by atoms with E-state index in [2.05, 4.69) is 28.9 Å². The molecule has 0 radical (unpaired) electrons. The number of fused-ring (bicyclic) bond motifs is 1. The first-order chi connectivity index (χ1) is 11.7. The van der Waals surface area contributed by atoms with Gasteiger partial charge >= 0.3 is 6.03 Å². The van der Waals surface area contributed by atoms with E-state index in [1.165, 1.54) is 5.56 Å². The van der Waals surface area contributed by atoms with Crippen molar-refractivity contribution in [3.63, 3.8) is 0 Å². The van der Waals surface area contributed by atoms with E-state index in [0.717, 1.165) is 45.3 Å². The number of likely N-dealkylation sites (tertiary alicyclic amines) is 1. The number of hydrogen-bond donors (Lipinski definition) is 0. The van der Waals surface area contributed by atoms with E-state index < -0.39 is 0 Å². The summed E-state index contributed by atoms with van der Waals surface area (Å²) in [5.74, 6) is 0.0399. The molecule has 6 heteroatoms. The lowest BCUT2D eigenvalue weighted by Gasteiger charge is -2.38. The summed E-state index contributed by atoms with van der Waals surface area (Å²) < 4.78 is 0. The zero-order valence-electron chi connectivity index (χ0n) is 14.1. The van der Waals surface area contributed by atoms with Gasteiger partial charge in [0, 0.05) is 44.1 Å². The van der Waals surface area contributed by atoms with Gasteiger partial charge in [0.1, 0.15) is 6.04 Å². The standard InChI is InChI=1S/C18H24N4O2/c1-13(14-4-8-19-9-5-14)20-11-6-15(7-12-20)22-17(23)16-3-2-10-21(16)18(22)24/h4-5,8-9,13,15-16H,2-3,6-7,10-12H2,1H3. The highest BCUT2D eigenvalue weighted by Gasteiger charge is 2.50. The van der Waals surface area contributed by atoms with Gasteiger partial charge in [0.2, 0.25) is 0 Å². The lowest BCUT2D eigenvalue weighted by molar-refractivity contribution is -0.130. The number of urea groups is 1. The van der Waals surface area contributed by atoms with Gasteiger partial charge in [0.05, 0.1) is 0 Å². The third kappa shape index (κ3) is 2.49. The Morgan fingerprint density at radius 1 is 1.08 bits per heavy atom. The first-order valence-electron chi connectivity index (χ1n) is 8.94. The zero-order chi connectivity index (χ0) is 16.7. The lowest BCUT2D eigenvalue weighted by Crippen LogP contribution is -2.48. The van der Waals surface area contributed by atoms with Crippen molar-refractivity contribution in [2.75, 3.05) is 19.6 Å². The van der Waals surface area contributed by atoms with E-state index in [1.807, 2.05) is 12.4 Å². The molecule has 0 aromatic carbocycles. The van der Waals surface area contributed by atoms with Gasteiger partial charge in [-0.05, 0) is 50.3 Å². The Bertz CT molecular complexity index is 605. The molecule has 3 aliphatic heterocycles. The van der Waals surface area contributed by atoms with Crippen LogP contribution < -0.4 is 0 Å². The predicted octanol–water partition coefficient (Wildman–Crippen LogP) is 2.03. The summed E-state index contributed by atoms with van der Waals surface area (Å²) in [6.45, 7) is 4.77. The Kier molecular flexibility index (Phi) is 4.00. The fourth-order valence-corrected chi connectivity index (χ4v) is 4.37. The molecular weight excluding hydrogens is 304 g/mol. The Morgan fingerprint density at radius 3 is 2.46 bits per heavy atom. The Hall–Kier alpha value is -1.95. The smallest absolute Gasteiger partial charge is 0.312 e. The molecule has 2 atom stereocenters. The normalized spacial score (nSPS) is 27.0. The van der Waals surface area contributed by atoms with Crippen LogP contribution in [0.3, 0.4) is 0 Å². The molecule has 0 N–H and O–H groups in total. The molecule has 6 nitrogen and oxygen atoms in total. The number of hydrogen-bond acceptors (Lipinski definition) is 4. The van der Waals surface area contributed by atoms with Crippen LogP contribution in [0.4, 0.5) is 4.79 Å². The second-order valence-corrected chi connectivity index (χ2v) is 7.07. The number of amides is 3. The third-order valence-electron chi connectivity index (χ3n) is 5.83. The number of nitrogens with zero attached hydrogens (tertiary/aromatic N) is 4. The minimum atomic E-state index is -0.175. The summed E-state index contributed by atoms with van der Waals surface area (Å²) in [5, 5.41) is 0. The maximum atomic E-state index is 12.6. The maximum Gasteiger partial charge on any atom is 0.327 e. The van der Waals surface area contributed by atoms with E-state index in [9.17, 15) is 9.59 Å². The summed E-state index contributed by atoms with van der Waals surface area (Å²) in [5.41, 5.74) is 1.26. The molecule has 1 aromatic heterocycles. The Balaban J connectivity index is 1.40. The summed E-state index contributed by atoms with van der Waals surface area (Å²) in [7, 11) is 0. The van der Waals surface area contributed by atoms with Crippen molar-refractivity contribution in [2.24, 2.45) is 0 Å². The highest BCUT2D eigenvalue weighted by molar-refractivity contribution is 6.04. The van der Waals surface area contributed by atoms with Crippen LogP contribution in [0.2, 0.25) is 0 Å². The summed E-state index contributed by atoms with van der Waals surface area (Å²) in [6.07, 6.45) is 7.18. The van der Waals surface area contributed by atoms with E-state index >= 15 is 0 Å². The average Bonchev–Trinajstić information content (AvgIpc) is 3.20. The number of carbonyl (C=O) groups is 2. The van der Waals surface area contributed by atoms with Gasteiger partial charge in [-0.2, -0.15) is 0 Å². The number of imide groups is 1. The molecule has 3 amide bonds.